The third-order valence-corrected chi connectivity index (χ3v) is 7.61. The zero-order valence-corrected chi connectivity index (χ0v) is 19.4. The second-order valence-electron chi connectivity index (χ2n) is 9.04. The van der Waals surface area contributed by atoms with Crippen molar-refractivity contribution in [3.8, 4) is 0 Å². The van der Waals surface area contributed by atoms with Crippen LogP contribution in [0.1, 0.15) is 34.3 Å². The summed E-state index contributed by atoms with van der Waals surface area (Å²) in [5.74, 6) is -4.71. The van der Waals surface area contributed by atoms with Crippen molar-refractivity contribution >= 4 is 52.5 Å². The molecule has 0 saturated carbocycles. The first-order chi connectivity index (χ1) is 16.6. The molecule has 4 atom stereocenters. The Balaban J connectivity index is 1.63. The van der Waals surface area contributed by atoms with Crippen molar-refractivity contribution in [1.29, 1.82) is 0 Å². The number of benzene rings is 2. The molecule has 2 aromatic rings. The number of amides is 5. The smallest absolute Gasteiger partial charge is 0.250 e. The number of nitrogens with zero attached hydrogens (tertiary/aromatic N) is 1. The van der Waals surface area contributed by atoms with E-state index in [4.69, 9.17) is 23.1 Å². The molecule has 3 aliphatic heterocycles. The lowest BCUT2D eigenvalue weighted by Crippen LogP contribution is -2.53. The molecule has 0 radical (unpaired) electrons. The van der Waals surface area contributed by atoms with Crippen LogP contribution in [0.4, 0.5) is 11.4 Å². The number of hydrogen-bond donors (Lipinski definition) is 4. The van der Waals surface area contributed by atoms with E-state index < -0.39 is 53.0 Å². The van der Waals surface area contributed by atoms with Gasteiger partial charge < -0.3 is 16.8 Å². The Morgan fingerprint density at radius 1 is 1.06 bits per heavy atom. The van der Waals surface area contributed by atoms with E-state index in [1.807, 2.05) is 0 Å². The minimum absolute atomic E-state index is 0.0279. The van der Waals surface area contributed by atoms with Crippen LogP contribution in [0.5, 0.6) is 0 Å². The monoisotopic (exact) mass is 495 g/mol. The van der Waals surface area contributed by atoms with Gasteiger partial charge in [-0.15, -0.1) is 0 Å². The third-order valence-electron chi connectivity index (χ3n) is 7.20. The van der Waals surface area contributed by atoms with Gasteiger partial charge in [-0.1, -0.05) is 17.7 Å². The minimum atomic E-state index is -1.52. The Labute approximate surface area is 205 Å². The standard InChI is InChI=1S/C24H22ClN5O5/c1-10-14(25)7-6-13-19(10)28-23(35)24(13)18-17(15(29-24)8-9-16(26)31)21(33)30(22(18)34)12-4-2-11(3-5-12)20(27)32/h2-7,15,17-18,29H,8-9H2,1H3,(H2,26,31)(H2,27,32)(H,28,35)/t15-,17-,18+,24+/m1/s1. The van der Waals surface area contributed by atoms with Crippen molar-refractivity contribution in [3.05, 3.63) is 58.1 Å². The number of imide groups is 1. The number of carbonyl (C=O) groups is 5. The molecule has 5 rings (SSSR count). The first-order valence-electron chi connectivity index (χ1n) is 11.0. The lowest BCUT2D eigenvalue weighted by atomic mass is 9.76. The Bertz CT molecular complexity index is 1330. The highest BCUT2D eigenvalue weighted by Crippen LogP contribution is 2.55. The Hall–Kier alpha value is -3.76. The molecule has 10 nitrogen and oxygen atoms in total. The zero-order chi connectivity index (χ0) is 25.2. The van der Waals surface area contributed by atoms with Crippen LogP contribution in [0, 0.1) is 18.8 Å². The highest BCUT2D eigenvalue weighted by Gasteiger charge is 2.70. The summed E-state index contributed by atoms with van der Waals surface area (Å²) in [4.78, 5) is 65.0. The van der Waals surface area contributed by atoms with Crippen molar-refractivity contribution in [2.45, 2.75) is 31.3 Å². The second-order valence-corrected chi connectivity index (χ2v) is 9.45. The van der Waals surface area contributed by atoms with Gasteiger partial charge in [-0.2, -0.15) is 0 Å². The quantitative estimate of drug-likeness (QED) is 0.450. The van der Waals surface area contributed by atoms with Gasteiger partial charge in [0.2, 0.25) is 29.5 Å². The summed E-state index contributed by atoms with van der Waals surface area (Å²) in [7, 11) is 0. The maximum Gasteiger partial charge on any atom is 0.250 e. The average Bonchev–Trinajstić information content (AvgIpc) is 3.40. The maximum atomic E-state index is 13.8. The van der Waals surface area contributed by atoms with Gasteiger partial charge in [0, 0.05) is 28.6 Å². The van der Waals surface area contributed by atoms with Gasteiger partial charge in [-0.3, -0.25) is 29.3 Å². The number of nitrogens with one attached hydrogen (secondary N) is 2. The van der Waals surface area contributed by atoms with E-state index in [-0.39, 0.29) is 24.1 Å². The summed E-state index contributed by atoms with van der Waals surface area (Å²) >= 11 is 6.26. The molecule has 11 heteroatoms. The Kier molecular flexibility index (Phi) is 5.19. The summed E-state index contributed by atoms with van der Waals surface area (Å²) in [6.45, 7) is 1.76. The first kappa shape index (κ1) is 23.0. The summed E-state index contributed by atoms with van der Waals surface area (Å²) in [6.07, 6.45) is 0.140. The highest BCUT2D eigenvalue weighted by atomic mass is 35.5. The van der Waals surface area contributed by atoms with Crippen LogP contribution in [0.2, 0.25) is 5.02 Å². The zero-order valence-electron chi connectivity index (χ0n) is 18.6. The SMILES string of the molecule is Cc1c(Cl)ccc2c1NC(=O)[C@]21N[C@H](CCC(N)=O)[C@H]2C(=O)N(c3ccc(C(N)=O)cc3)C(=O)[C@H]21. The molecular formula is C24H22ClN5O5. The van der Waals surface area contributed by atoms with Gasteiger partial charge in [0.25, 0.3) is 0 Å². The molecule has 0 unspecified atom stereocenters. The van der Waals surface area contributed by atoms with Gasteiger partial charge in [0.05, 0.1) is 23.2 Å². The first-order valence-corrected chi connectivity index (χ1v) is 11.4. The number of halogens is 1. The number of primary amides is 2. The second kappa shape index (κ2) is 7.89. The van der Waals surface area contributed by atoms with E-state index in [1.165, 1.54) is 24.3 Å². The van der Waals surface area contributed by atoms with Crippen LogP contribution in [0.3, 0.4) is 0 Å². The number of anilines is 2. The van der Waals surface area contributed by atoms with Crippen LogP contribution in [0.15, 0.2) is 36.4 Å². The van der Waals surface area contributed by atoms with Gasteiger partial charge in [-0.25, -0.2) is 4.90 Å². The van der Waals surface area contributed by atoms with E-state index in [0.29, 0.717) is 21.8 Å². The van der Waals surface area contributed by atoms with Crippen LogP contribution < -0.4 is 27.0 Å². The van der Waals surface area contributed by atoms with Crippen molar-refractivity contribution < 1.29 is 24.0 Å². The summed E-state index contributed by atoms with van der Waals surface area (Å²) in [5.41, 5.74) is 11.3. The van der Waals surface area contributed by atoms with Gasteiger partial charge in [0.15, 0.2) is 0 Å². The van der Waals surface area contributed by atoms with Crippen LogP contribution in [-0.4, -0.2) is 35.6 Å². The van der Waals surface area contributed by atoms with Crippen LogP contribution in [-0.2, 0) is 24.7 Å². The van der Waals surface area contributed by atoms with E-state index >= 15 is 0 Å². The minimum Gasteiger partial charge on any atom is -0.370 e. The normalized spacial score (nSPS) is 26.7. The van der Waals surface area contributed by atoms with Gasteiger partial charge >= 0.3 is 0 Å². The van der Waals surface area contributed by atoms with Crippen molar-refractivity contribution in [2.24, 2.45) is 23.3 Å². The molecule has 3 aliphatic rings. The van der Waals surface area contributed by atoms with Crippen LogP contribution >= 0.6 is 11.6 Å². The molecule has 35 heavy (non-hydrogen) atoms. The van der Waals surface area contributed by atoms with E-state index in [1.54, 1.807) is 19.1 Å². The molecule has 2 aromatic carbocycles. The van der Waals surface area contributed by atoms with Crippen molar-refractivity contribution in [3.63, 3.8) is 0 Å². The third kappa shape index (κ3) is 3.17. The molecular weight excluding hydrogens is 474 g/mol. The van der Waals surface area contributed by atoms with E-state index in [2.05, 4.69) is 10.6 Å². The van der Waals surface area contributed by atoms with Gasteiger partial charge in [0.1, 0.15) is 5.54 Å². The maximum absolute atomic E-state index is 13.8. The predicted molar refractivity (Wildman–Crippen MR) is 126 cm³/mol. The molecule has 1 spiro atoms. The average molecular weight is 496 g/mol. The molecule has 2 saturated heterocycles. The molecule has 0 aromatic heterocycles. The summed E-state index contributed by atoms with van der Waals surface area (Å²) < 4.78 is 0. The fourth-order valence-electron chi connectivity index (χ4n) is 5.57. The molecule has 5 amide bonds. The molecule has 2 fully saturated rings. The van der Waals surface area contributed by atoms with E-state index in [9.17, 15) is 24.0 Å². The van der Waals surface area contributed by atoms with Crippen molar-refractivity contribution in [1.82, 2.24) is 5.32 Å². The van der Waals surface area contributed by atoms with Gasteiger partial charge in [-0.05, 0) is 49.2 Å². The number of rotatable bonds is 5. The molecule has 3 heterocycles. The van der Waals surface area contributed by atoms with Crippen LogP contribution in [0.25, 0.3) is 0 Å². The number of nitrogens with two attached hydrogens (primary N) is 2. The lowest BCUT2D eigenvalue weighted by Gasteiger charge is -2.29. The topological polar surface area (TPSA) is 165 Å². The fourth-order valence-corrected chi connectivity index (χ4v) is 5.72. The van der Waals surface area contributed by atoms with Crippen molar-refractivity contribution in [2.75, 3.05) is 10.2 Å². The Morgan fingerprint density at radius 2 is 1.74 bits per heavy atom. The number of hydrogen-bond acceptors (Lipinski definition) is 6. The van der Waals surface area contributed by atoms with E-state index in [0.717, 1.165) is 4.90 Å². The molecule has 180 valence electrons. The predicted octanol–water partition coefficient (Wildman–Crippen LogP) is 0.938. The largest absolute Gasteiger partial charge is 0.370 e. The molecule has 6 N–H and O–H groups in total. The molecule has 0 bridgehead atoms. The number of carbonyl (C=O) groups excluding carboxylic acids is 5. The number of fused-ring (bicyclic) bond motifs is 4. The summed E-state index contributed by atoms with van der Waals surface area (Å²) in [5, 5.41) is 6.53. The Morgan fingerprint density at radius 3 is 2.37 bits per heavy atom. The molecule has 0 aliphatic carbocycles. The summed E-state index contributed by atoms with van der Waals surface area (Å²) in [6, 6.07) is 8.43. The highest BCUT2D eigenvalue weighted by molar-refractivity contribution is 6.32. The lowest BCUT2D eigenvalue weighted by molar-refractivity contribution is -0.130. The fraction of sp³-hybridized carbons (Fsp3) is 0.292.